The van der Waals surface area contributed by atoms with Gasteiger partial charge in [0.25, 0.3) is 5.91 Å². The summed E-state index contributed by atoms with van der Waals surface area (Å²) < 4.78 is 40.1. The van der Waals surface area contributed by atoms with Crippen LogP contribution in [0.25, 0.3) is 0 Å². The van der Waals surface area contributed by atoms with Crippen LogP contribution in [0.15, 0.2) is 48.5 Å². The summed E-state index contributed by atoms with van der Waals surface area (Å²) in [7, 11) is 0. The fourth-order valence-corrected chi connectivity index (χ4v) is 3.91. The van der Waals surface area contributed by atoms with Crippen molar-refractivity contribution in [3.05, 3.63) is 70.8 Å². The molecule has 0 bridgehead atoms. The molecule has 0 radical (unpaired) electrons. The third-order valence-corrected chi connectivity index (χ3v) is 4.97. The Morgan fingerprint density at radius 2 is 1.80 bits per heavy atom. The van der Waals surface area contributed by atoms with Gasteiger partial charge in [-0.25, -0.2) is 0 Å². The minimum absolute atomic E-state index is 0.165. The first-order chi connectivity index (χ1) is 12.0. The van der Waals surface area contributed by atoms with Gasteiger partial charge >= 0.3 is 6.18 Å². The van der Waals surface area contributed by atoms with Gasteiger partial charge in [0.2, 0.25) is 0 Å². The number of benzene rings is 2. The summed E-state index contributed by atoms with van der Waals surface area (Å²) in [6.07, 6.45) is -3.91. The highest BCUT2D eigenvalue weighted by Gasteiger charge is 2.47. The molecule has 6 heteroatoms. The van der Waals surface area contributed by atoms with Crippen LogP contribution in [0, 0.1) is 0 Å². The Hall–Kier alpha value is -2.34. The normalized spacial score (nSPS) is 22.7. The van der Waals surface area contributed by atoms with E-state index in [2.05, 4.69) is 5.32 Å². The van der Waals surface area contributed by atoms with Crippen molar-refractivity contribution >= 4 is 5.91 Å². The first-order valence-electron chi connectivity index (χ1n) is 8.24. The van der Waals surface area contributed by atoms with Crippen LogP contribution >= 0.6 is 0 Å². The number of amides is 1. The maximum absolute atomic E-state index is 13.4. The lowest BCUT2D eigenvalue weighted by atomic mass is 9.97. The van der Waals surface area contributed by atoms with E-state index in [1.54, 1.807) is 11.0 Å². The van der Waals surface area contributed by atoms with Gasteiger partial charge in [0, 0.05) is 19.1 Å². The molecule has 0 saturated carbocycles. The summed E-state index contributed by atoms with van der Waals surface area (Å²) in [6, 6.07) is 13.2. The van der Waals surface area contributed by atoms with Crippen molar-refractivity contribution in [2.24, 2.45) is 0 Å². The van der Waals surface area contributed by atoms with E-state index in [1.165, 1.54) is 6.07 Å². The van der Waals surface area contributed by atoms with E-state index in [-0.39, 0.29) is 17.6 Å². The first-order valence-corrected chi connectivity index (χ1v) is 8.24. The van der Waals surface area contributed by atoms with Crippen LogP contribution in [0.2, 0.25) is 0 Å². The number of rotatable bonds is 2. The average Bonchev–Trinajstić information content (AvgIpc) is 2.89. The smallest absolute Gasteiger partial charge is 0.326 e. The molecular formula is C19H17F3N2O. The average molecular weight is 346 g/mol. The molecule has 2 aliphatic heterocycles. The van der Waals surface area contributed by atoms with Crippen molar-refractivity contribution < 1.29 is 18.0 Å². The summed E-state index contributed by atoms with van der Waals surface area (Å²) in [5.41, 5.74) is 0.532. The molecule has 1 saturated heterocycles. The Kier molecular flexibility index (Phi) is 3.80. The Morgan fingerprint density at radius 3 is 2.52 bits per heavy atom. The second-order valence-corrected chi connectivity index (χ2v) is 6.50. The van der Waals surface area contributed by atoms with Crippen molar-refractivity contribution in [3.8, 4) is 0 Å². The number of hydrogen-bond acceptors (Lipinski definition) is 2. The lowest BCUT2D eigenvalue weighted by Crippen LogP contribution is -2.53. The van der Waals surface area contributed by atoms with E-state index in [0.717, 1.165) is 11.6 Å². The topological polar surface area (TPSA) is 32.3 Å². The monoisotopic (exact) mass is 346 g/mol. The van der Waals surface area contributed by atoms with Gasteiger partial charge in [-0.3, -0.25) is 4.79 Å². The number of alkyl halides is 3. The summed E-state index contributed by atoms with van der Waals surface area (Å²) in [5, 5.41) is 3.27. The summed E-state index contributed by atoms with van der Waals surface area (Å²) >= 11 is 0. The quantitative estimate of drug-likeness (QED) is 0.904. The maximum atomic E-state index is 13.4. The van der Waals surface area contributed by atoms with E-state index >= 15 is 0 Å². The van der Waals surface area contributed by atoms with Crippen molar-refractivity contribution in [3.63, 3.8) is 0 Å². The fraction of sp³-hybridized carbons (Fsp3) is 0.316. The van der Waals surface area contributed by atoms with Crippen LogP contribution in [0.4, 0.5) is 13.2 Å². The van der Waals surface area contributed by atoms with Crippen LogP contribution in [0.5, 0.6) is 0 Å². The summed E-state index contributed by atoms with van der Waals surface area (Å²) in [6.45, 7) is 1.05. The highest BCUT2D eigenvalue weighted by Crippen LogP contribution is 2.43. The van der Waals surface area contributed by atoms with E-state index in [1.807, 2.05) is 30.3 Å². The summed E-state index contributed by atoms with van der Waals surface area (Å²) in [5.74, 6) is -0.504. The molecule has 4 rings (SSSR count). The minimum atomic E-state index is -4.53. The molecule has 2 aliphatic rings. The third-order valence-electron chi connectivity index (χ3n) is 4.97. The lowest BCUT2D eigenvalue weighted by Gasteiger charge is -2.38. The number of halogens is 3. The number of nitrogens with one attached hydrogen (secondary N) is 1. The van der Waals surface area contributed by atoms with Crippen molar-refractivity contribution in [2.75, 3.05) is 13.1 Å². The van der Waals surface area contributed by atoms with E-state index < -0.39 is 17.6 Å². The molecule has 0 unspecified atom stereocenters. The van der Waals surface area contributed by atoms with Gasteiger partial charge in [-0.1, -0.05) is 42.5 Å². The van der Waals surface area contributed by atoms with Gasteiger partial charge in [-0.05, 0) is 23.6 Å². The number of carbonyl (C=O) groups is 1. The number of fused-ring (bicyclic) bond motifs is 3. The SMILES string of the molecule is O=C1c2c(cccc2C(F)(F)F)[C@@H]2CNC[C@H](Cc3ccccc3)N12. The predicted molar refractivity (Wildman–Crippen MR) is 87.2 cm³/mol. The Morgan fingerprint density at radius 1 is 1.04 bits per heavy atom. The largest absolute Gasteiger partial charge is 0.417 e. The van der Waals surface area contributed by atoms with Crippen LogP contribution in [-0.2, 0) is 12.6 Å². The van der Waals surface area contributed by atoms with Gasteiger partial charge in [-0.15, -0.1) is 0 Å². The van der Waals surface area contributed by atoms with Crippen LogP contribution in [-0.4, -0.2) is 29.9 Å². The maximum Gasteiger partial charge on any atom is 0.417 e. The summed E-state index contributed by atoms with van der Waals surface area (Å²) in [4.78, 5) is 14.5. The van der Waals surface area contributed by atoms with Gasteiger partial charge in [-0.2, -0.15) is 13.2 Å². The molecule has 1 N–H and O–H groups in total. The minimum Gasteiger partial charge on any atom is -0.326 e. The molecule has 1 fully saturated rings. The zero-order chi connectivity index (χ0) is 17.6. The molecular weight excluding hydrogens is 329 g/mol. The van der Waals surface area contributed by atoms with E-state index in [4.69, 9.17) is 0 Å². The van der Waals surface area contributed by atoms with Gasteiger partial charge in [0.15, 0.2) is 0 Å². The molecule has 0 aliphatic carbocycles. The Labute approximate surface area is 143 Å². The molecule has 130 valence electrons. The number of piperazine rings is 1. The third kappa shape index (κ3) is 2.70. The standard InChI is InChI=1S/C19H17F3N2O/c20-19(21,22)15-8-4-7-14-16-11-23-10-13(24(16)18(25)17(14)15)9-12-5-2-1-3-6-12/h1-8,13,16,23H,9-11H2/t13-,16-/m0/s1. The Balaban J connectivity index is 1.72. The van der Waals surface area contributed by atoms with Gasteiger partial charge in [0.05, 0.1) is 17.2 Å². The van der Waals surface area contributed by atoms with Crippen LogP contribution in [0.1, 0.15) is 33.1 Å². The van der Waals surface area contributed by atoms with E-state index in [0.29, 0.717) is 25.1 Å². The predicted octanol–water partition coefficient (Wildman–Crippen LogP) is 3.42. The molecule has 2 atom stereocenters. The number of carbonyl (C=O) groups excluding carboxylic acids is 1. The van der Waals surface area contributed by atoms with Crippen molar-refractivity contribution in [1.29, 1.82) is 0 Å². The highest BCUT2D eigenvalue weighted by molar-refractivity contribution is 6.01. The molecule has 3 nitrogen and oxygen atoms in total. The van der Waals surface area contributed by atoms with Gasteiger partial charge < -0.3 is 10.2 Å². The zero-order valence-corrected chi connectivity index (χ0v) is 13.4. The molecule has 2 aromatic carbocycles. The zero-order valence-electron chi connectivity index (χ0n) is 13.4. The molecule has 2 heterocycles. The molecule has 2 aromatic rings. The second kappa shape index (κ2) is 5.88. The van der Waals surface area contributed by atoms with Gasteiger partial charge in [0.1, 0.15) is 0 Å². The lowest BCUT2D eigenvalue weighted by molar-refractivity contribution is -0.137. The van der Waals surface area contributed by atoms with Crippen LogP contribution < -0.4 is 5.32 Å². The van der Waals surface area contributed by atoms with Crippen molar-refractivity contribution in [2.45, 2.75) is 24.7 Å². The molecule has 25 heavy (non-hydrogen) atoms. The number of nitrogens with zero attached hydrogens (tertiary/aromatic N) is 1. The van der Waals surface area contributed by atoms with Crippen molar-refractivity contribution in [1.82, 2.24) is 10.2 Å². The number of hydrogen-bond donors (Lipinski definition) is 1. The molecule has 1 amide bonds. The van der Waals surface area contributed by atoms with E-state index in [9.17, 15) is 18.0 Å². The highest BCUT2D eigenvalue weighted by atomic mass is 19.4. The second-order valence-electron chi connectivity index (χ2n) is 6.50. The first kappa shape index (κ1) is 16.1. The molecule has 0 aromatic heterocycles. The fourth-order valence-electron chi connectivity index (χ4n) is 3.91. The Bertz CT molecular complexity index is 804. The van der Waals surface area contributed by atoms with Crippen LogP contribution in [0.3, 0.4) is 0 Å². The molecule has 0 spiro atoms.